The van der Waals surface area contributed by atoms with Gasteiger partial charge in [0, 0.05) is 6.42 Å². The van der Waals surface area contributed by atoms with Gasteiger partial charge in [-0.3, -0.25) is 9.59 Å². The maximum absolute atomic E-state index is 12.2. The van der Waals surface area contributed by atoms with Crippen LogP contribution in [0.5, 0.6) is 0 Å². The van der Waals surface area contributed by atoms with Crippen molar-refractivity contribution in [2.75, 3.05) is 19.8 Å². The number of hydrogen-bond acceptors (Lipinski definition) is 6. The molecule has 2 atom stereocenters. The minimum absolute atomic E-state index is 0.168. The molecule has 0 radical (unpaired) electrons. The molecule has 0 spiro atoms. The summed E-state index contributed by atoms with van der Waals surface area (Å²) < 4.78 is 10.1. The van der Waals surface area contributed by atoms with Gasteiger partial charge in [0.2, 0.25) is 0 Å². The van der Waals surface area contributed by atoms with Gasteiger partial charge >= 0.3 is 11.9 Å². The van der Waals surface area contributed by atoms with Crippen LogP contribution < -0.4 is 5.32 Å². The lowest BCUT2D eigenvalue weighted by atomic mass is 9.84. The minimum Gasteiger partial charge on any atom is -0.466 e. The molecule has 0 aromatic rings. The van der Waals surface area contributed by atoms with Crippen LogP contribution in [-0.4, -0.2) is 48.9 Å². The van der Waals surface area contributed by atoms with E-state index in [1.165, 1.54) is 19.3 Å². The van der Waals surface area contributed by atoms with Crippen LogP contribution in [0, 0.1) is 5.92 Å². The van der Waals surface area contributed by atoms with Crippen molar-refractivity contribution in [2.45, 2.75) is 90.2 Å². The average molecular weight is 398 g/mol. The molecule has 162 valence electrons. The lowest BCUT2D eigenvalue weighted by Gasteiger charge is -2.27. The van der Waals surface area contributed by atoms with Gasteiger partial charge in [-0.2, -0.15) is 0 Å². The van der Waals surface area contributed by atoms with Gasteiger partial charge in [-0.15, -0.1) is 0 Å². The highest BCUT2D eigenvalue weighted by atomic mass is 16.5. The number of rotatable bonds is 14. The van der Waals surface area contributed by atoms with Gasteiger partial charge in [0.1, 0.15) is 6.04 Å². The maximum atomic E-state index is 12.2. The largest absolute Gasteiger partial charge is 0.466 e. The molecule has 0 aliphatic heterocycles. The van der Waals surface area contributed by atoms with E-state index in [1.54, 1.807) is 13.8 Å². The molecule has 1 aliphatic rings. The van der Waals surface area contributed by atoms with Crippen molar-refractivity contribution in [3.05, 3.63) is 12.2 Å². The Morgan fingerprint density at radius 1 is 1.11 bits per heavy atom. The predicted octanol–water partition coefficient (Wildman–Crippen LogP) is 3.52. The Hall–Kier alpha value is -1.40. The fourth-order valence-electron chi connectivity index (χ4n) is 3.61. The monoisotopic (exact) mass is 397 g/mol. The number of allylic oxidation sites excluding steroid dienone is 1. The highest BCUT2D eigenvalue weighted by Crippen LogP contribution is 2.27. The zero-order chi connectivity index (χ0) is 20.6. The summed E-state index contributed by atoms with van der Waals surface area (Å²) in [5.74, 6) is -0.0276. The molecule has 0 heterocycles. The second kappa shape index (κ2) is 15.5. The van der Waals surface area contributed by atoms with Crippen LogP contribution in [0.15, 0.2) is 12.2 Å². The van der Waals surface area contributed by atoms with Crippen LogP contribution in [0.3, 0.4) is 0 Å². The number of ether oxygens (including phenoxy) is 2. The van der Waals surface area contributed by atoms with E-state index in [4.69, 9.17) is 9.47 Å². The molecule has 0 amide bonds. The highest BCUT2D eigenvalue weighted by Gasteiger charge is 2.23. The van der Waals surface area contributed by atoms with E-state index in [2.05, 4.69) is 5.32 Å². The van der Waals surface area contributed by atoms with Crippen LogP contribution in [-0.2, 0) is 19.1 Å². The number of nitrogens with one attached hydrogen (secondary N) is 1. The first-order valence-electron chi connectivity index (χ1n) is 11.0. The minimum atomic E-state index is -0.403. The zero-order valence-electron chi connectivity index (χ0n) is 17.7. The lowest BCUT2D eigenvalue weighted by molar-refractivity contribution is -0.145. The van der Waals surface area contributed by atoms with E-state index in [0.717, 1.165) is 25.7 Å². The SMILES string of the molecule is CCOC(=O)CCCC=CCC(NCCC(O)C1CCCCC1)C(=O)OCC. The zero-order valence-corrected chi connectivity index (χ0v) is 17.7. The van der Waals surface area contributed by atoms with Crippen LogP contribution in [0.2, 0.25) is 0 Å². The molecule has 0 bridgehead atoms. The maximum Gasteiger partial charge on any atom is 0.323 e. The van der Waals surface area contributed by atoms with Gasteiger partial charge < -0.3 is 19.9 Å². The third-order valence-corrected chi connectivity index (χ3v) is 5.19. The normalized spacial score (nSPS) is 17.4. The summed E-state index contributed by atoms with van der Waals surface area (Å²) in [6.45, 7) is 4.96. The molecular formula is C22H39NO5. The molecule has 1 fully saturated rings. The summed E-state index contributed by atoms with van der Waals surface area (Å²) in [5.41, 5.74) is 0. The van der Waals surface area contributed by atoms with E-state index < -0.39 is 6.04 Å². The number of esters is 2. The number of carbonyl (C=O) groups is 2. The standard InChI is InChI=1S/C22H39NO5/c1-3-27-21(25)15-11-6-5-10-14-19(22(26)28-4-2)23-17-16-20(24)18-12-8-7-9-13-18/h5,10,18-20,23-24H,3-4,6-9,11-17H2,1-2H3. The molecule has 1 aliphatic carbocycles. The number of unbranched alkanes of at least 4 members (excludes halogenated alkanes) is 1. The molecule has 2 N–H and O–H groups in total. The second-order valence-corrected chi connectivity index (χ2v) is 7.42. The van der Waals surface area contributed by atoms with Crippen molar-refractivity contribution < 1.29 is 24.2 Å². The Morgan fingerprint density at radius 3 is 2.50 bits per heavy atom. The number of carbonyl (C=O) groups excluding carboxylic acids is 2. The van der Waals surface area contributed by atoms with E-state index >= 15 is 0 Å². The summed E-state index contributed by atoms with van der Waals surface area (Å²) in [4.78, 5) is 23.5. The summed E-state index contributed by atoms with van der Waals surface area (Å²) >= 11 is 0. The van der Waals surface area contributed by atoms with Crippen molar-refractivity contribution in [2.24, 2.45) is 5.92 Å². The first-order valence-corrected chi connectivity index (χ1v) is 11.0. The van der Waals surface area contributed by atoms with Gasteiger partial charge in [-0.1, -0.05) is 31.4 Å². The second-order valence-electron chi connectivity index (χ2n) is 7.42. The fourth-order valence-corrected chi connectivity index (χ4v) is 3.61. The molecule has 0 aromatic carbocycles. The molecule has 0 saturated heterocycles. The summed E-state index contributed by atoms with van der Waals surface area (Å²) in [6, 6.07) is -0.403. The molecule has 1 saturated carbocycles. The first-order chi connectivity index (χ1) is 13.6. The number of hydrogen-bond donors (Lipinski definition) is 2. The van der Waals surface area contributed by atoms with E-state index in [9.17, 15) is 14.7 Å². The lowest BCUT2D eigenvalue weighted by Crippen LogP contribution is -2.39. The molecular weight excluding hydrogens is 358 g/mol. The Morgan fingerprint density at radius 2 is 1.82 bits per heavy atom. The summed E-state index contributed by atoms with van der Waals surface area (Å²) in [7, 11) is 0. The quantitative estimate of drug-likeness (QED) is 0.265. The summed E-state index contributed by atoms with van der Waals surface area (Å²) in [6.07, 6.45) is 12.7. The fraction of sp³-hybridized carbons (Fsp3) is 0.818. The Labute approximate surface area is 170 Å². The van der Waals surface area contributed by atoms with E-state index in [1.807, 2.05) is 12.2 Å². The van der Waals surface area contributed by atoms with Crippen molar-refractivity contribution in [3.8, 4) is 0 Å². The molecule has 28 heavy (non-hydrogen) atoms. The van der Waals surface area contributed by atoms with E-state index in [-0.39, 0.29) is 18.0 Å². The molecule has 1 rings (SSSR count). The molecule has 6 heteroatoms. The van der Waals surface area contributed by atoms with Crippen LogP contribution in [0.1, 0.15) is 78.1 Å². The molecule has 6 nitrogen and oxygen atoms in total. The van der Waals surface area contributed by atoms with Crippen molar-refractivity contribution in [1.29, 1.82) is 0 Å². The third-order valence-electron chi connectivity index (χ3n) is 5.19. The topological polar surface area (TPSA) is 84.9 Å². The summed E-state index contributed by atoms with van der Waals surface area (Å²) in [5, 5.41) is 13.6. The Kier molecular flexibility index (Phi) is 13.7. The van der Waals surface area contributed by atoms with Gasteiger partial charge in [-0.25, -0.2) is 0 Å². The number of aliphatic hydroxyl groups excluding tert-OH is 1. The Bertz CT molecular complexity index is 460. The number of aliphatic hydroxyl groups is 1. The first kappa shape index (κ1) is 24.6. The van der Waals surface area contributed by atoms with E-state index in [0.29, 0.717) is 44.9 Å². The van der Waals surface area contributed by atoms with Gasteiger partial charge in [0.05, 0.1) is 19.3 Å². The van der Waals surface area contributed by atoms with Crippen LogP contribution >= 0.6 is 0 Å². The van der Waals surface area contributed by atoms with Crippen molar-refractivity contribution >= 4 is 11.9 Å². The van der Waals surface area contributed by atoms with Crippen LogP contribution in [0.4, 0.5) is 0 Å². The predicted molar refractivity (Wildman–Crippen MR) is 110 cm³/mol. The molecule has 0 aromatic heterocycles. The third kappa shape index (κ3) is 10.8. The highest BCUT2D eigenvalue weighted by molar-refractivity contribution is 5.76. The van der Waals surface area contributed by atoms with Crippen LogP contribution in [0.25, 0.3) is 0 Å². The van der Waals surface area contributed by atoms with Gasteiger partial charge in [-0.05, 0) is 64.8 Å². The van der Waals surface area contributed by atoms with Gasteiger partial charge in [0.25, 0.3) is 0 Å². The van der Waals surface area contributed by atoms with Crippen molar-refractivity contribution in [3.63, 3.8) is 0 Å². The van der Waals surface area contributed by atoms with Crippen molar-refractivity contribution in [1.82, 2.24) is 5.32 Å². The molecule has 2 unspecified atom stereocenters. The smallest absolute Gasteiger partial charge is 0.323 e. The van der Waals surface area contributed by atoms with Gasteiger partial charge in [0.15, 0.2) is 0 Å². The average Bonchev–Trinajstić information content (AvgIpc) is 2.70. The Balaban J connectivity index is 2.31.